The molecule has 5 rings (SSSR count). The Morgan fingerprint density at radius 1 is 1.13 bits per heavy atom. The maximum absolute atomic E-state index is 11.9. The van der Waals surface area contributed by atoms with Crippen LogP contribution in [-0.2, 0) is 4.84 Å². The second-order valence-electron chi connectivity index (χ2n) is 9.94. The summed E-state index contributed by atoms with van der Waals surface area (Å²) in [6.45, 7) is 10.8. The highest BCUT2D eigenvalue weighted by atomic mass is 16.6. The minimum absolute atomic E-state index is 0.0384. The van der Waals surface area contributed by atoms with Gasteiger partial charge in [-0.2, -0.15) is 0 Å². The number of carbonyl (C=O) groups is 1. The minimum atomic E-state index is -0.538. The number of amides is 1. The molecule has 2 atom stereocenters. The second-order valence-corrected chi connectivity index (χ2v) is 9.94. The number of nitrogens with one attached hydrogen (secondary N) is 1. The number of oxime groups is 1. The van der Waals surface area contributed by atoms with E-state index in [0.717, 1.165) is 50.5 Å². The lowest BCUT2D eigenvalue weighted by Gasteiger charge is -2.36. The molecule has 0 radical (unpaired) electrons. The Morgan fingerprint density at radius 3 is 2.63 bits per heavy atom. The van der Waals surface area contributed by atoms with Crippen LogP contribution in [0.1, 0.15) is 25.0 Å². The smallest absolute Gasteiger partial charge is 0.412 e. The number of fused-ring (bicyclic) bond motifs is 3. The molecule has 0 spiro atoms. The van der Waals surface area contributed by atoms with E-state index < -0.39 is 6.09 Å². The third-order valence-corrected chi connectivity index (χ3v) is 7.16. The van der Waals surface area contributed by atoms with Gasteiger partial charge in [-0.3, -0.25) is 9.80 Å². The summed E-state index contributed by atoms with van der Waals surface area (Å²) in [5, 5.41) is 7.07. The number of benzene rings is 2. The fourth-order valence-corrected chi connectivity index (χ4v) is 5.21. The molecule has 9 heteroatoms. The van der Waals surface area contributed by atoms with Crippen LogP contribution in [0, 0.1) is 5.92 Å². The van der Waals surface area contributed by atoms with Gasteiger partial charge in [-0.05, 0) is 25.5 Å². The van der Waals surface area contributed by atoms with Crippen LogP contribution in [0.25, 0.3) is 6.08 Å². The summed E-state index contributed by atoms with van der Waals surface area (Å²) in [6, 6.07) is 14.0. The van der Waals surface area contributed by atoms with Crippen molar-refractivity contribution in [2.75, 3.05) is 59.5 Å². The summed E-state index contributed by atoms with van der Waals surface area (Å²) in [5.74, 6) is 1.39. The monoisotopic (exact) mass is 520 g/mol. The molecule has 2 aromatic rings. The first-order valence-corrected chi connectivity index (χ1v) is 13.3. The van der Waals surface area contributed by atoms with E-state index in [-0.39, 0.29) is 12.0 Å². The van der Waals surface area contributed by atoms with Crippen molar-refractivity contribution < 1.29 is 23.8 Å². The molecular formula is C29H36N4O5. The molecule has 2 unspecified atom stereocenters. The first-order chi connectivity index (χ1) is 18.5. The van der Waals surface area contributed by atoms with Gasteiger partial charge >= 0.3 is 6.09 Å². The number of hydrogen-bond donors (Lipinski definition) is 1. The lowest BCUT2D eigenvalue weighted by Crippen LogP contribution is -2.50. The van der Waals surface area contributed by atoms with Crippen LogP contribution < -0.4 is 19.5 Å². The maximum atomic E-state index is 11.9. The van der Waals surface area contributed by atoms with Gasteiger partial charge in [-0.25, -0.2) is 4.79 Å². The van der Waals surface area contributed by atoms with Gasteiger partial charge in [-0.15, -0.1) is 0 Å². The van der Waals surface area contributed by atoms with Crippen molar-refractivity contribution >= 4 is 17.9 Å². The Hall–Kier alpha value is -3.56. The molecule has 0 aromatic heterocycles. The molecule has 202 valence electrons. The molecule has 3 heterocycles. The SMILES string of the molecule is CCNC(=O)Oc1cc2c(cc1OC)C1=NOC(CN3CCN(CC(C)=Cc4ccccc4)CC3)C1CO2. The van der Waals surface area contributed by atoms with E-state index in [2.05, 4.69) is 57.5 Å². The largest absolute Gasteiger partial charge is 0.493 e. The minimum Gasteiger partial charge on any atom is -0.493 e. The zero-order chi connectivity index (χ0) is 26.5. The number of piperazine rings is 1. The van der Waals surface area contributed by atoms with Gasteiger partial charge in [0.05, 0.1) is 13.0 Å². The first kappa shape index (κ1) is 26.1. The Balaban J connectivity index is 1.16. The standard InChI is InChI=1S/C29H36N4O5/c1-4-30-29(34)37-26-16-24-22(15-25(26)35-3)28-23(19-36-24)27(38-31-28)18-33-12-10-32(11-13-33)17-20(2)14-21-8-6-5-7-9-21/h5-9,14-16,23,27H,4,10-13,17-19H2,1-3H3,(H,30,34). The van der Waals surface area contributed by atoms with Crippen molar-refractivity contribution in [1.82, 2.24) is 15.1 Å². The molecule has 38 heavy (non-hydrogen) atoms. The van der Waals surface area contributed by atoms with Gasteiger partial charge in [0, 0.05) is 57.4 Å². The first-order valence-electron chi connectivity index (χ1n) is 13.3. The fraction of sp³-hybridized carbons (Fsp3) is 0.448. The molecule has 1 saturated heterocycles. The highest BCUT2D eigenvalue weighted by molar-refractivity contribution is 6.06. The molecule has 3 aliphatic heterocycles. The average Bonchev–Trinajstić information content (AvgIpc) is 3.33. The summed E-state index contributed by atoms with van der Waals surface area (Å²) < 4.78 is 17.0. The molecule has 1 fully saturated rings. The lowest BCUT2D eigenvalue weighted by atomic mass is 9.90. The number of hydrogen-bond acceptors (Lipinski definition) is 8. The Morgan fingerprint density at radius 2 is 1.89 bits per heavy atom. The van der Waals surface area contributed by atoms with Crippen LogP contribution in [0.4, 0.5) is 4.79 Å². The molecule has 1 N–H and O–H groups in total. The van der Waals surface area contributed by atoms with E-state index >= 15 is 0 Å². The van der Waals surface area contributed by atoms with E-state index in [1.807, 2.05) is 19.1 Å². The van der Waals surface area contributed by atoms with E-state index in [1.165, 1.54) is 11.1 Å². The average molecular weight is 521 g/mol. The molecule has 0 saturated carbocycles. The Labute approximate surface area is 224 Å². The van der Waals surface area contributed by atoms with Crippen molar-refractivity contribution in [3.05, 3.63) is 59.2 Å². The molecule has 3 aliphatic rings. The quantitative estimate of drug-likeness (QED) is 0.569. The Kier molecular flexibility index (Phi) is 8.14. The molecule has 2 aromatic carbocycles. The molecule has 1 amide bonds. The number of nitrogens with zero attached hydrogens (tertiary/aromatic N) is 3. The second kappa shape index (κ2) is 11.9. The molecule has 9 nitrogen and oxygen atoms in total. The van der Waals surface area contributed by atoms with Crippen molar-refractivity contribution in [1.29, 1.82) is 0 Å². The highest BCUT2D eigenvalue weighted by Crippen LogP contribution is 2.41. The van der Waals surface area contributed by atoms with Crippen molar-refractivity contribution in [3.63, 3.8) is 0 Å². The third-order valence-electron chi connectivity index (χ3n) is 7.16. The van der Waals surface area contributed by atoms with E-state index in [0.29, 0.717) is 30.4 Å². The Bertz CT molecular complexity index is 1190. The van der Waals surface area contributed by atoms with Gasteiger partial charge in [0.1, 0.15) is 18.1 Å². The topological polar surface area (TPSA) is 84.9 Å². The van der Waals surface area contributed by atoms with Crippen LogP contribution in [0.3, 0.4) is 0 Å². The zero-order valence-electron chi connectivity index (χ0n) is 22.3. The normalized spacial score (nSPS) is 21.4. The van der Waals surface area contributed by atoms with Gasteiger partial charge in [0.2, 0.25) is 0 Å². The van der Waals surface area contributed by atoms with E-state index in [9.17, 15) is 4.79 Å². The van der Waals surface area contributed by atoms with Crippen molar-refractivity contribution in [3.8, 4) is 17.2 Å². The van der Waals surface area contributed by atoms with Crippen LogP contribution in [0.5, 0.6) is 17.2 Å². The van der Waals surface area contributed by atoms with Gasteiger partial charge in [0.25, 0.3) is 0 Å². The molecule has 0 aliphatic carbocycles. The van der Waals surface area contributed by atoms with Crippen LogP contribution >= 0.6 is 0 Å². The molecule has 0 bridgehead atoms. The number of rotatable bonds is 8. The van der Waals surface area contributed by atoms with Crippen molar-refractivity contribution in [2.45, 2.75) is 20.0 Å². The van der Waals surface area contributed by atoms with E-state index in [4.69, 9.17) is 19.0 Å². The van der Waals surface area contributed by atoms with Crippen LogP contribution in [0.2, 0.25) is 0 Å². The number of methoxy groups -OCH3 is 1. The molecular weight excluding hydrogens is 484 g/mol. The lowest BCUT2D eigenvalue weighted by molar-refractivity contribution is 0.0101. The van der Waals surface area contributed by atoms with Crippen LogP contribution in [-0.4, -0.2) is 87.2 Å². The van der Waals surface area contributed by atoms with Crippen LogP contribution in [0.15, 0.2) is 53.2 Å². The predicted octanol–water partition coefficient (Wildman–Crippen LogP) is 3.64. The van der Waals surface area contributed by atoms with Crippen molar-refractivity contribution in [2.24, 2.45) is 11.1 Å². The maximum Gasteiger partial charge on any atom is 0.412 e. The summed E-state index contributed by atoms with van der Waals surface area (Å²) in [6.07, 6.45) is 1.66. The highest BCUT2D eigenvalue weighted by Gasteiger charge is 2.41. The zero-order valence-corrected chi connectivity index (χ0v) is 22.3. The third kappa shape index (κ3) is 5.95. The van der Waals surface area contributed by atoms with Gasteiger partial charge in [0.15, 0.2) is 17.6 Å². The predicted molar refractivity (Wildman–Crippen MR) is 146 cm³/mol. The number of ether oxygens (including phenoxy) is 3. The summed E-state index contributed by atoms with van der Waals surface area (Å²) in [7, 11) is 1.54. The van der Waals surface area contributed by atoms with Gasteiger partial charge < -0.3 is 24.4 Å². The summed E-state index contributed by atoms with van der Waals surface area (Å²) in [4.78, 5) is 22.8. The number of carbonyl (C=O) groups excluding carboxylic acids is 1. The fourth-order valence-electron chi connectivity index (χ4n) is 5.21. The van der Waals surface area contributed by atoms with E-state index in [1.54, 1.807) is 13.2 Å². The van der Waals surface area contributed by atoms with Gasteiger partial charge in [-0.1, -0.05) is 47.1 Å². The summed E-state index contributed by atoms with van der Waals surface area (Å²) in [5.41, 5.74) is 4.29. The summed E-state index contributed by atoms with van der Waals surface area (Å²) >= 11 is 0.